The van der Waals surface area contributed by atoms with E-state index in [0.29, 0.717) is 11.3 Å². The highest BCUT2D eigenvalue weighted by Gasteiger charge is 2.23. The molecule has 1 atom stereocenters. The first kappa shape index (κ1) is 16.0. The van der Waals surface area contributed by atoms with Gasteiger partial charge in [-0.1, -0.05) is 22.0 Å². The molecule has 0 saturated carbocycles. The van der Waals surface area contributed by atoms with Crippen LogP contribution in [0, 0.1) is 0 Å². The smallest absolute Gasteiger partial charge is 0.253 e. The molecule has 0 aromatic heterocycles. The van der Waals surface area contributed by atoms with Crippen molar-refractivity contribution in [2.45, 2.75) is 12.5 Å². The third kappa shape index (κ3) is 3.92. The number of benzene rings is 2. The van der Waals surface area contributed by atoms with E-state index in [4.69, 9.17) is 4.74 Å². The van der Waals surface area contributed by atoms with E-state index in [1.165, 1.54) is 0 Å². The fourth-order valence-electron chi connectivity index (χ4n) is 2.67. The summed E-state index contributed by atoms with van der Waals surface area (Å²) in [5.74, 6) is 1.52. The number of ether oxygens (including phenoxy) is 1. The summed E-state index contributed by atoms with van der Waals surface area (Å²) in [7, 11) is 1.87. The molecule has 1 N–H and O–H groups in total. The summed E-state index contributed by atoms with van der Waals surface area (Å²) in [6.07, 6.45) is 1.01. The SMILES string of the molecule is CN(C(=O)c1ccc(Oc2cccc(Br)c2)cc1)C1CCNC1. The van der Waals surface area contributed by atoms with E-state index in [-0.39, 0.29) is 11.9 Å². The highest BCUT2D eigenvalue weighted by molar-refractivity contribution is 9.10. The molecule has 1 aliphatic heterocycles. The third-order valence-corrected chi connectivity index (χ3v) is 4.53. The van der Waals surface area contributed by atoms with Crippen LogP contribution in [0.4, 0.5) is 0 Å². The van der Waals surface area contributed by atoms with Gasteiger partial charge in [0, 0.05) is 29.7 Å². The molecule has 4 nitrogen and oxygen atoms in total. The molecule has 1 amide bonds. The number of amides is 1. The Kier molecular flexibility index (Phi) is 4.98. The Balaban J connectivity index is 1.67. The van der Waals surface area contributed by atoms with E-state index >= 15 is 0 Å². The monoisotopic (exact) mass is 374 g/mol. The number of nitrogens with one attached hydrogen (secondary N) is 1. The van der Waals surface area contributed by atoms with Crippen molar-refractivity contribution in [2.75, 3.05) is 20.1 Å². The highest BCUT2D eigenvalue weighted by atomic mass is 79.9. The minimum atomic E-state index is 0.0488. The molecule has 1 aliphatic rings. The van der Waals surface area contributed by atoms with Gasteiger partial charge in [0.2, 0.25) is 0 Å². The number of likely N-dealkylation sites (N-methyl/N-ethyl adjacent to an activating group) is 1. The first-order valence-corrected chi connectivity index (χ1v) is 8.44. The van der Waals surface area contributed by atoms with Crippen LogP contribution in [0.25, 0.3) is 0 Å². The Morgan fingerprint density at radius 1 is 1.22 bits per heavy atom. The van der Waals surface area contributed by atoms with Crippen molar-refractivity contribution < 1.29 is 9.53 Å². The predicted molar refractivity (Wildman–Crippen MR) is 94.0 cm³/mol. The molecule has 1 heterocycles. The first-order valence-electron chi connectivity index (χ1n) is 7.65. The average Bonchev–Trinajstić information content (AvgIpc) is 3.09. The fourth-order valence-corrected chi connectivity index (χ4v) is 3.05. The van der Waals surface area contributed by atoms with Gasteiger partial charge in [-0.15, -0.1) is 0 Å². The number of carbonyl (C=O) groups is 1. The normalized spacial score (nSPS) is 17.0. The Morgan fingerprint density at radius 2 is 2.00 bits per heavy atom. The lowest BCUT2D eigenvalue weighted by atomic mass is 10.1. The van der Waals surface area contributed by atoms with Crippen molar-refractivity contribution in [3.8, 4) is 11.5 Å². The molecule has 1 unspecified atom stereocenters. The van der Waals surface area contributed by atoms with Crippen LogP contribution in [0.2, 0.25) is 0 Å². The Labute approximate surface area is 144 Å². The van der Waals surface area contributed by atoms with Gasteiger partial charge in [0.1, 0.15) is 11.5 Å². The number of carbonyl (C=O) groups excluding carboxylic acids is 1. The van der Waals surface area contributed by atoms with Gasteiger partial charge in [-0.3, -0.25) is 4.79 Å². The average molecular weight is 375 g/mol. The summed E-state index contributed by atoms with van der Waals surface area (Å²) in [6.45, 7) is 1.84. The summed E-state index contributed by atoms with van der Waals surface area (Å²) in [5.41, 5.74) is 0.681. The van der Waals surface area contributed by atoms with E-state index in [1.807, 2.05) is 60.5 Å². The molecular weight excluding hydrogens is 356 g/mol. The number of rotatable bonds is 4. The van der Waals surface area contributed by atoms with Crippen molar-refractivity contribution in [3.63, 3.8) is 0 Å². The maximum Gasteiger partial charge on any atom is 0.253 e. The van der Waals surface area contributed by atoms with Crippen LogP contribution in [0.5, 0.6) is 11.5 Å². The quantitative estimate of drug-likeness (QED) is 0.887. The van der Waals surface area contributed by atoms with E-state index in [0.717, 1.165) is 29.7 Å². The number of halogens is 1. The van der Waals surface area contributed by atoms with Crippen LogP contribution in [-0.2, 0) is 0 Å². The van der Waals surface area contributed by atoms with Gasteiger partial charge >= 0.3 is 0 Å². The highest BCUT2D eigenvalue weighted by Crippen LogP contribution is 2.25. The lowest BCUT2D eigenvalue weighted by Crippen LogP contribution is -2.38. The summed E-state index contributed by atoms with van der Waals surface area (Å²) in [4.78, 5) is 14.3. The lowest BCUT2D eigenvalue weighted by molar-refractivity contribution is 0.0744. The minimum absolute atomic E-state index is 0.0488. The molecule has 0 radical (unpaired) electrons. The largest absolute Gasteiger partial charge is 0.457 e. The fraction of sp³-hybridized carbons (Fsp3) is 0.278. The van der Waals surface area contributed by atoms with E-state index in [1.54, 1.807) is 0 Å². The van der Waals surface area contributed by atoms with Gasteiger partial charge in [-0.05, 0) is 55.4 Å². The van der Waals surface area contributed by atoms with Gasteiger partial charge in [0.05, 0.1) is 0 Å². The Morgan fingerprint density at radius 3 is 2.65 bits per heavy atom. The standard InChI is InChI=1S/C18H19BrN2O2/c1-21(15-9-10-20-12-15)18(22)13-5-7-16(8-6-13)23-17-4-2-3-14(19)11-17/h2-8,11,15,20H,9-10,12H2,1H3. The lowest BCUT2D eigenvalue weighted by Gasteiger charge is -2.23. The zero-order chi connectivity index (χ0) is 16.2. The third-order valence-electron chi connectivity index (χ3n) is 4.04. The van der Waals surface area contributed by atoms with Crippen LogP contribution in [0.15, 0.2) is 53.0 Å². The van der Waals surface area contributed by atoms with Gasteiger partial charge in [-0.2, -0.15) is 0 Å². The van der Waals surface area contributed by atoms with E-state index in [9.17, 15) is 4.79 Å². The predicted octanol–water partition coefficient (Wildman–Crippen LogP) is 3.68. The molecule has 2 aromatic carbocycles. The topological polar surface area (TPSA) is 41.6 Å². The van der Waals surface area contributed by atoms with Gasteiger partial charge in [0.15, 0.2) is 0 Å². The summed E-state index contributed by atoms with van der Waals surface area (Å²) < 4.78 is 6.76. The summed E-state index contributed by atoms with van der Waals surface area (Å²) in [6, 6.07) is 15.2. The molecule has 120 valence electrons. The second-order valence-corrected chi connectivity index (χ2v) is 6.56. The second kappa shape index (κ2) is 7.15. The molecule has 1 fully saturated rings. The number of hydrogen-bond donors (Lipinski definition) is 1. The van der Waals surface area contributed by atoms with Crippen molar-refractivity contribution >= 4 is 21.8 Å². The number of hydrogen-bond acceptors (Lipinski definition) is 3. The molecular formula is C18H19BrN2O2. The van der Waals surface area contributed by atoms with Crippen LogP contribution in [0.1, 0.15) is 16.8 Å². The molecule has 3 rings (SSSR count). The van der Waals surface area contributed by atoms with Gasteiger partial charge < -0.3 is 15.0 Å². The van der Waals surface area contributed by atoms with Crippen LogP contribution in [0.3, 0.4) is 0 Å². The van der Waals surface area contributed by atoms with E-state index < -0.39 is 0 Å². The first-order chi connectivity index (χ1) is 11.1. The molecule has 0 spiro atoms. The number of nitrogens with zero attached hydrogens (tertiary/aromatic N) is 1. The molecule has 0 bridgehead atoms. The second-order valence-electron chi connectivity index (χ2n) is 5.65. The van der Waals surface area contributed by atoms with Gasteiger partial charge in [-0.25, -0.2) is 0 Å². The zero-order valence-electron chi connectivity index (χ0n) is 13.0. The van der Waals surface area contributed by atoms with Crippen LogP contribution >= 0.6 is 15.9 Å². The van der Waals surface area contributed by atoms with Gasteiger partial charge in [0.25, 0.3) is 5.91 Å². The Hall–Kier alpha value is -1.85. The molecule has 5 heteroatoms. The summed E-state index contributed by atoms with van der Waals surface area (Å²) in [5, 5.41) is 3.28. The van der Waals surface area contributed by atoms with Crippen molar-refractivity contribution in [2.24, 2.45) is 0 Å². The molecule has 1 saturated heterocycles. The maximum atomic E-state index is 12.5. The van der Waals surface area contributed by atoms with Crippen LogP contribution < -0.4 is 10.1 Å². The zero-order valence-corrected chi connectivity index (χ0v) is 14.5. The maximum absolute atomic E-state index is 12.5. The van der Waals surface area contributed by atoms with Crippen LogP contribution in [-0.4, -0.2) is 37.0 Å². The van der Waals surface area contributed by atoms with Crippen molar-refractivity contribution in [1.29, 1.82) is 0 Å². The molecule has 0 aliphatic carbocycles. The summed E-state index contributed by atoms with van der Waals surface area (Å²) >= 11 is 3.42. The van der Waals surface area contributed by atoms with E-state index in [2.05, 4.69) is 21.2 Å². The molecule has 23 heavy (non-hydrogen) atoms. The van der Waals surface area contributed by atoms with Crippen molar-refractivity contribution in [1.82, 2.24) is 10.2 Å². The minimum Gasteiger partial charge on any atom is -0.457 e. The van der Waals surface area contributed by atoms with Crippen molar-refractivity contribution in [3.05, 3.63) is 58.6 Å². The Bertz CT molecular complexity index is 682. The molecule has 2 aromatic rings.